The van der Waals surface area contributed by atoms with E-state index in [1.54, 1.807) is 0 Å². The van der Waals surface area contributed by atoms with E-state index in [-0.39, 0.29) is 12.6 Å². The summed E-state index contributed by atoms with van der Waals surface area (Å²) >= 11 is 0. The molecule has 6 heteroatoms. The van der Waals surface area contributed by atoms with Crippen LogP contribution < -0.4 is 5.32 Å². The fourth-order valence-corrected chi connectivity index (χ4v) is 3.20. The molecule has 3 N–H and O–H groups in total. The molecule has 25 heavy (non-hydrogen) atoms. The standard InChI is InChI=1S/C19H19NO5/c21-18(22)9-17(19(23)24)20-11-25-10-16-14-7-3-1-5-12(14)13-6-2-4-8-15(13)16/h1-8,16-17,20H,9-11H2,(H,21,22)(H,23,24)/t17-/m0/s1. The van der Waals surface area contributed by atoms with Crippen LogP contribution in [0.5, 0.6) is 0 Å². The van der Waals surface area contributed by atoms with Gasteiger partial charge in [0.1, 0.15) is 6.04 Å². The van der Waals surface area contributed by atoms with Crippen LogP contribution in [0.1, 0.15) is 23.5 Å². The number of hydrogen-bond acceptors (Lipinski definition) is 4. The second kappa shape index (κ2) is 7.46. The van der Waals surface area contributed by atoms with E-state index in [0.29, 0.717) is 6.61 Å². The minimum Gasteiger partial charge on any atom is -0.481 e. The number of carboxylic acids is 2. The topological polar surface area (TPSA) is 95.9 Å². The molecular formula is C19H19NO5. The highest BCUT2D eigenvalue weighted by Gasteiger charge is 2.28. The molecule has 1 aliphatic rings. The van der Waals surface area contributed by atoms with E-state index in [4.69, 9.17) is 14.9 Å². The average molecular weight is 341 g/mol. The molecule has 2 aromatic carbocycles. The lowest BCUT2D eigenvalue weighted by molar-refractivity contribution is -0.146. The van der Waals surface area contributed by atoms with Gasteiger partial charge in [-0.05, 0) is 22.3 Å². The Balaban J connectivity index is 1.64. The van der Waals surface area contributed by atoms with Crippen LogP contribution in [0.15, 0.2) is 48.5 Å². The Kier molecular flexibility index (Phi) is 5.11. The Morgan fingerprint density at radius 3 is 2.08 bits per heavy atom. The third kappa shape index (κ3) is 3.70. The van der Waals surface area contributed by atoms with Crippen molar-refractivity contribution in [2.24, 2.45) is 0 Å². The first kappa shape index (κ1) is 17.1. The first-order valence-corrected chi connectivity index (χ1v) is 8.02. The van der Waals surface area contributed by atoms with Crippen LogP contribution in [0.25, 0.3) is 11.1 Å². The van der Waals surface area contributed by atoms with Crippen molar-refractivity contribution in [3.05, 3.63) is 59.7 Å². The van der Waals surface area contributed by atoms with Crippen molar-refractivity contribution in [3.63, 3.8) is 0 Å². The summed E-state index contributed by atoms with van der Waals surface area (Å²) in [7, 11) is 0. The molecule has 0 spiro atoms. The molecule has 0 fully saturated rings. The normalized spacial score (nSPS) is 13.9. The molecule has 0 saturated carbocycles. The van der Waals surface area contributed by atoms with Crippen molar-refractivity contribution < 1.29 is 24.5 Å². The molecule has 0 aliphatic heterocycles. The summed E-state index contributed by atoms with van der Waals surface area (Å²) in [4.78, 5) is 21.7. The lowest BCUT2D eigenvalue weighted by Crippen LogP contribution is -2.40. The molecule has 1 atom stereocenters. The summed E-state index contributed by atoms with van der Waals surface area (Å²) in [6, 6.07) is 15.1. The minimum atomic E-state index is -1.21. The Labute approximate surface area is 145 Å². The number of benzene rings is 2. The summed E-state index contributed by atoms with van der Waals surface area (Å²) in [5, 5.41) is 20.4. The van der Waals surface area contributed by atoms with Crippen LogP contribution in [-0.2, 0) is 14.3 Å². The molecule has 0 radical (unpaired) electrons. The molecule has 2 aromatic rings. The zero-order valence-corrected chi connectivity index (χ0v) is 13.5. The molecule has 0 amide bonds. The average Bonchev–Trinajstić information content (AvgIpc) is 2.91. The maximum absolute atomic E-state index is 11.0. The molecule has 130 valence electrons. The first-order valence-electron chi connectivity index (χ1n) is 8.02. The van der Waals surface area contributed by atoms with Gasteiger partial charge in [0.25, 0.3) is 0 Å². The van der Waals surface area contributed by atoms with Gasteiger partial charge in [-0.3, -0.25) is 14.9 Å². The van der Waals surface area contributed by atoms with Gasteiger partial charge in [-0.1, -0.05) is 48.5 Å². The van der Waals surface area contributed by atoms with Crippen molar-refractivity contribution in [3.8, 4) is 11.1 Å². The number of ether oxygens (including phenoxy) is 1. The third-order valence-electron chi connectivity index (χ3n) is 4.36. The van der Waals surface area contributed by atoms with E-state index in [1.807, 2.05) is 24.3 Å². The summed E-state index contributed by atoms with van der Waals surface area (Å²) in [5.41, 5.74) is 4.75. The van der Waals surface area contributed by atoms with E-state index in [0.717, 1.165) is 0 Å². The Morgan fingerprint density at radius 1 is 1.00 bits per heavy atom. The van der Waals surface area contributed by atoms with E-state index >= 15 is 0 Å². The fourth-order valence-electron chi connectivity index (χ4n) is 3.20. The van der Waals surface area contributed by atoms with Crippen LogP contribution in [-0.4, -0.2) is 41.5 Å². The number of carboxylic acid groups (broad SMARTS) is 2. The Bertz CT molecular complexity index is 743. The van der Waals surface area contributed by atoms with Gasteiger partial charge >= 0.3 is 11.9 Å². The zero-order chi connectivity index (χ0) is 17.8. The lowest BCUT2D eigenvalue weighted by Gasteiger charge is -2.16. The lowest BCUT2D eigenvalue weighted by atomic mass is 9.98. The van der Waals surface area contributed by atoms with Crippen LogP contribution in [0.4, 0.5) is 0 Å². The number of rotatable bonds is 8. The quantitative estimate of drug-likeness (QED) is 0.504. The van der Waals surface area contributed by atoms with Crippen LogP contribution >= 0.6 is 0 Å². The van der Waals surface area contributed by atoms with Gasteiger partial charge in [0.15, 0.2) is 0 Å². The number of carbonyl (C=O) groups is 2. The SMILES string of the molecule is O=C(O)C[C@H](NCOCC1c2ccccc2-c2ccccc21)C(=O)O. The molecule has 0 saturated heterocycles. The smallest absolute Gasteiger partial charge is 0.321 e. The molecular weight excluding hydrogens is 322 g/mol. The van der Waals surface area contributed by atoms with Gasteiger partial charge in [0.2, 0.25) is 0 Å². The van der Waals surface area contributed by atoms with E-state index in [2.05, 4.69) is 29.6 Å². The maximum Gasteiger partial charge on any atom is 0.321 e. The van der Waals surface area contributed by atoms with Crippen molar-refractivity contribution in [1.82, 2.24) is 5.32 Å². The van der Waals surface area contributed by atoms with E-state index in [1.165, 1.54) is 22.3 Å². The first-order chi connectivity index (χ1) is 12.1. The van der Waals surface area contributed by atoms with Gasteiger partial charge in [0.05, 0.1) is 19.8 Å². The highest BCUT2D eigenvalue weighted by atomic mass is 16.5. The summed E-state index contributed by atoms with van der Waals surface area (Å²) in [5.74, 6) is -2.29. The maximum atomic E-state index is 11.0. The zero-order valence-electron chi connectivity index (χ0n) is 13.5. The summed E-state index contributed by atoms with van der Waals surface area (Å²) < 4.78 is 5.63. The van der Waals surface area contributed by atoms with Crippen molar-refractivity contribution in [2.45, 2.75) is 18.4 Å². The fraction of sp³-hybridized carbons (Fsp3) is 0.263. The monoisotopic (exact) mass is 341 g/mol. The van der Waals surface area contributed by atoms with Crippen LogP contribution in [0.3, 0.4) is 0 Å². The number of hydrogen-bond donors (Lipinski definition) is 3. The summed E-state index contributed by atoms with van der Waals surface area (Å²) in [6.07, 6.45) is -0.492. The molecule has 0 bridgehead atoms. The Hall–Kier alpha value is -2.70. The third-order valence-corrected chi connectivity index (χ3v) is 4.36. The molecule has 0 heterocycles. The Morgan fingerprint density at radius 2 is 1.56 bits per heavy atom. The van der Waals surface area contributed by atoms with Gasteiger partial charge in [-0.15, -0.1) is 0 Å². The molecule has 1 aliphatic carbocycles. The predicted octanol–water partition coefficient (Wildman–Crippen LogP) is 2.29. The van der Waals surface area contributed by atoms with Crippen molar-refractivity contribution in [2.75, 3.05) is 13.3 Å². The van der Waals surface area contributed by atoms with Gasteiger partial charge < -0.3 is 14.9 Å². The second-order valence-electron chi connectivity index (χ2n) is 5.94. The highest BCUT2D eigenvalue weighted by molar-refractivity contribution is 5.80. The second-order valence-corrected chi connectivity index (χ2v) is 5.94. The molecule has 0 unspecified atom stereocenters. The van der Waals surface area contributed by atoms with E-state index < -0.39 is 24.4 Å². The predicted molar refractivity (Wildman–Crippen MR) is 91.4 cm³/mol. The highest BCUT2D eigenvalue weighted by Crippen LogP contribution is 2.44. The van der Waals surface area contributed by atoms with Crippen LogP contribution in [0.2, 0.25) is 0 Å². The number of aliphatic carboxylic acids is 2. The number of fused-ring (bicyclic) bond motifs is 3. The number of nitrogens with one attached hydrogen (secondary N) is 1. The van der Waals surface area contributed by atoms with Gasteiger partial charge in [0, 0.05) is 5.92 Å². The van der Waals surface area contributed by atoms with E-state index in [9.17, 15) is 9.59 Å². The van der Waals surface area contributed by atoms with Gasteiger partial charge in [-0.2, -0.15) is 0 Å². The molecule has 0 aromatic heterocycles. The van der Waals surface area contributed by atoms with Crippen molar-refractivity contribution >= 4 is 11.9 Å². The van der Waals surface area contributed by atoms with Crippen LogP contribution in [0, 0.1) is 0 Å². The van der Waals surface area contributed by atoms with Gasteiger partial charge in [-0.25, -0.2) is 0 Å². The summed E-state index contributed by atoms with van der Waals surface area (Å²) in [6.45, 7) is 0.367. The molecule has 6 nitrogen and oxygen atoms in total. The largest absolute Gasteiger partial charge is 0.481 e. The molecule has 3 rings (SSSR count). The van der Waals surface area contributed by atoms with Crippen molar-refractivity contribution in [1.29, 1.82) is 0 Å². The minimum absolute atomic E-state index is 0.0227.